The summed E-state index contributed by atoms with van der Waals surface area (Å²) in [6.45, 7) is 4.14. The van der Waals surface area contributed by atoms with Crippen LogP contribution < -0.4 is 9.80 Å². The van der Waals surface area contributed by atoms with Crippen LogP contribution in [0.5, 0.6) is 0 Å². The Balaban J connectivity index is 2.00. The van der Waals surface area contributed by atoms with Gasteiger partial charge in [0.05, 0.1) is 19.8 Å². The number of hydrogen-bond acceptors (Lipinski definition) is 7. The number of anilines is 2. The van der Waals surface area contributed by atoms with Gasteiger partial charge in [-0.25, -0.2) is 4.98 Å². The Morgan fingerprint density at radius 3 is 2.97 bits per heavy atom. The summed E-state index contributed by atoms with van der Waals surface area (Å²) < 4.78 is 5.36. The van der Waals surface area contributed by atoms with E-state index in [1.54, 1.807) is 12.1 Å². The van der Waals surface area contributed by atoms with E-state index >= 15 is 0 Å². The molecule has 1 aliphatic heterocycles. The standard InChI is InChI=1S/C18H18ClN7O2S/c1-12-13(3-2-4-14(12)19)11-26(16(27)10-22-24-21)17-15(9-20)29-18(23-17)25-5-7-28-8-6-25/h2-4H,5-8,10-11H2,1H3. The van der Waals surface area contributed by atoms with E-state index in [1.165, 1.54) is 16.2 Å². The summed E-state index contributed by atoms with van der Waals surface area (Å²) in [7, 11) is 0. The molecule has 11 heteroatoms. The van der Waals surface area contributed by atoms with Gasteiger partial charge in [0.2, 0.25) is 5.91 Å². The van der Waals surface area contributed by atoms with E-state index in [9.17, 15) is 10.1 Å². The van der Waals surface area contributed by atoms with Gasteiger partial charge in [-0.1, -0.05) is 40.2 Å². The molecule has 1 fully saturated rings. The van der Waals surface area contributed by atoms with Gasteiger partial charge in [0.15, 0.2) is 15.8 Å². The average molecular weight is 432 g/mol. The fourth-order valence-corrected chi connectivity index (χ4v) is 4.01. The van der Waals surface area contributed by atoms with Crippen molar-refractivity contribution in [3.05, 3.63) is 49.7 Å². The van der Waals surface area contributed by atoms with Gasteiger partial charge < -0.3 is 9.64 Å². The van der Waals surface area contributed by atoms with E-state index in [2.05, 4.69) is 21.1 Å². The molecular weight excluding hydrogens is 414 g/mol. The number of aromatic nitrogens is 1. The molecule has 0 atom stereocenters. The van der Waals surface area contributed by atoms with Crippen LogP contribution in [0.1, 0.15) is 16.0 Å². The van der Waals surface area contributed by atoms with E-state index in [-0.39, 0.29) is 18.9 Å². The fourth-order valence-electron chi connectivity index (χ4n) is 2.90. The monoisotopic (exact) mass is 431 g/mol. The number of carbonyl (C=O) groups is 1. The maximum Gasteiger partial charge on any atom is 0.234 e. The maximum atomic E-state index is 12.8. The lowest BCUT2D eigenvalue weighted by Crippen LogP contribution is -2.36. The number of amides is 1. The van der Waals surface area contributed by atoms with Gasteiger partial charge >= 0.3 is 0 Å². The van der Waals surface area contributed by atoms with Crippen molar-refractivity contribution in [1.29, 1.82) is 5.26 Å². The Hall–Kier alpha value is -2.83. The summed E-state index contributed by atoms with van der Waals surface area (Å²) in [5.74, 6) is -0.186. The third-order valence-corrected chi connectivity index (χ3v) is 5.93. The van der Waals surface area contributed by atoms with Crippen molar-refractivity contribution in [3.63, 3.8) is 0 Å². The minimum Gasteiger partial charge on any atom is -0.378 e. The number of nitriles is 1. The number of benzene rings is 1. The zero-order valence-electron chi connectivity index (χ0n) is 15.7. The van der Waals surface area contributed by atoms with Crippen LogP contribution in [0.3, 0.4) is 0 Å². The first kappa shape index (κ1) is 20.9. The highest BCUT2D eigenvalue weighted by molar-refractivity contribution is 7.16. The first-order chi connectivity index (χ1) is 14.0. The topological polar surface area (TPSA) is 118 Å². The largest absolute Gasteiger partial charge is 0.378 e. The summed E-state index contributed by atoms with van der Waals surface area (Å²) in [4.78, 5) is 23.8. The molecule has 150 valence electrons. The van der Waals surface area contributed by atoms with Crippen LogP contribution >= 0.6 is 22.9 Å². The van der Waals surface area contributed by atoms with Gasteiger partial charge in [-0.2, -0.15) is 5.26 Å². The molecule has 1 aromatic heterocycles. The van der Waals surface area contributed by atoms with Crippen LogP contribution in [0.4, 0.5) is 10.9 Å². The zero-order chi connectivity index (χ0) is 20.8. The summed E-state index contributed by atoms with van der Waals surface area (Å²) in [5.41, 5.74) is 10.2. The lowest BCUT2D eigenvalue weighted by Gasteiger charge is -2.26. The summed E-state index contributed by atoms with van der Waals surface area (Å²) in [6, 6.07) is 7.56. The molecule has 0 radical (unpaired) electrons. The second kappa shape index (κ2) is 9.58. The number of morpholine rings is 1. The second-order valence-corrected chi connectivity index (χ2v) is 7.64. The van der Waals surface area contributed by atoms with Crippen molar-refractivity contribution in [2.75, 3.05) is 42.6 Å². The third-order valence-electron chi connectivity index (χ3n) is 4.52. The zero-order valence-corrected chi connectivity index (χ0v) is 17.3. The number of azide groups is 1. The highest BCUT2D eigenvalue weighted by Gasteiger charge is 2.26. The molecule has 9 nitrogen and oxygen atoms in total. The van der Waals surface area contributed by atoms with Crippen molar-refractivity contribution in [2.24, 2.45) is 5.11 Å². The molecule has 1 amide bonds. The van der Waals surface area contributed by atoms with Gasteiger partial charge in [-0.15, -0.1) is 0 Å². The second-order valence-electron chi connectivity index (χ2n) is 6.25. The van der Waals surface area contributed by atoms with Crippen LogP contribution in [-0.4, -0.2) is 43.7 Å². The third kappa shape index (κ3) is 4.78. The van der Waals surface area contributed by atoms with E-state index in [1.807, 2.05) is 17.9 Å². The minimum atomic E-state index is -0.447. The number of carbonyl (C=O) groups excluding carboxylic acids is 1. The van der Waals surface area contributed by atoms with Gasteiger partial charge in [0.1, 0.15) is 12.6 Å². The van der Waals surface area contributed by atoms with Crippen LogP contribution in [0, 0.1) is 18.3 Å². The Morgan fingerprint density at radius 2 is 2.28 bits per heavy atom. The van der Waals surface area contributed by atoms with Crippen LogP contribution in [0.15, 0.2) is 23.3 Å². The molecule has 0 bridgehead atoms. The van der Waals surface area contributed by atoms with Crippen molar-refractivity contribution in [2.45, 2.75) is 13.5 Å². The molecule has 29 heavy (non-hydrogen) atoms. The highest BCUT2D eigenvalue weighted by Crippen LogP contribution is 2.33. The Bertz CT molecular complexity index is 991. The molecule has 0 saturated carbocycles. The first-order valence-electron chi connectivity index (χ1n) is 8.84. The summed E-state index contributed by atoms with van der Waals surface area (Å²) >= 11 is 7.44. The molecule has 0 unspecified atom stereocenters. The van der Waals surface area contributed by atoms with Gasteiger partial charge in [0, 0.05) is 23.0 Å². The summed E-state index contributed by atoms with van der Waals surface area (Å²) in [6.07, 6.45) is 0. The van der Waals surface area contributed by atoms with Crippen molar-refractivity contribution in [1.82, 2.24) is 4.98 Å². The minimum absolute atomic E-state index is 0.160. The normalized spacial score (nSPS) is 13.5. The predicted molar refractivity (Wildman–Crippen MR) is 111 cm³/mol. The number of hydrogen-bond donors (Lipinski definition) is 0. The van der Waals surface area contributed by atoms with E-state index in [4.69, 9.17) is 21.9 Å². The lowest BCUT2D eigenvalue weighted by atomic mass is 10.1. The van der Waals surface area contributed by atoms with E-state index < -0.39 is 5.91 Å². The number of nitrogens with zero attached hydrogens (tertiary/aromatic N) is 7. The van der Waals surface area contributed by atoms with Gasteiger partial charge in [-0.3, -0.25) is 9.69 Å². The molecule has 2 heterocycles. The molecule has 2 aromatic rings. The maximum absolute atomic E-state index is 12.8. The lowest BCUT2D eigenvalue weighted by molar-refractivity contribution is -0.117. The molecular formula is C18H18ClN7O2S. The Labute approximate surface area is 176 Å². The number of rotatable bonds is 6. The highest BCUT2D eigenvalue weighted by atomic mass is 35.5. The van der Waals surface area contributed by atoms with Crippen LogP contribution in [0.25, 0.3) is 10.4 Å². The number of ether oxygens (including phenoxy) is 1. The average Bonchev–Trinajstić information content (AvgIpc) is 3.18. The Kier molecular flexibility index (Phi) is 6.90. The number of thiazole rings is 1. The first-order valence-corrected chi connectivity index (χ1v) is 10.0. The Morgan fingerprint density at radius 1 is 1.52 bits per heavy atom. The van der Waals surface area contributed by atoms with Gasteiger partial charge in [-0.05, 0) is 29.6 Å². The quantitative estimate of drug-likeness (QED) is 0.393. The van der Waals surface area contributed by atoms with Crippen LogP contribution in [-0.2, 0) is 16.1 Å². The fraction of sp³-hybridized carbons (Fsp3) is 0.389. The molecule has 1 saturated heterocycles. The van der Waals surface area contributed by atoms with Crippen molar-refractivity contribution in [3.8, 4) is 6.07 Å². The molecule has 1 aliphatic rings. The van der Waals surface area contributed by atoms with Gasteiger partial charge in [0.25, 0.3) is 0 Å². The molecule has 3 rings (SSSR count). The van der Waals surface area contributed by atoms with E-state index in [0.717, 1.165) is 11.1 Å². The SMILES string of the molecule is Cc1c(Cl)cccc1CN(C(=O)CN=[N+]=[N-])c1nc(N2CCOCC2)sc1C#N. The molecule has 0 spiro atoms. The van der Waals surface area contributed by atoms with Crippen LogP contribution in [0.2, 0.25) is 5.02 Å². The molecule has 1 aromatic carbocycles. The van der Waals surface area contributed by atoms with Crippen molar-refractivity contribution >= 4 is 39.8 Å². The van der Waals surface area contributed by atoms with Crippen molar-refractivity contribution < 1.29 is 9.53 Å². The number of halogens is 1. The smallest absolute Gasteiger partial charge is 0.234 e. The molecule has 0 N–H and O–H groups in total. The molecule has 0 aliphatic carbocycles. The predicted octanol–water partition coefficient (Wildman–Crippen LogP) is 3.66. The van der Waals surface area contributed by atoms with E-state index in [0.29, 0.717) is 41.3 Å². The summed E-state index contributed by atoms with van der Waals surface area (Å²) in [5, 5.41) is 14.3.